The van der Waals surface area contributed by atoms with Gasteiger partial charge in [-0.1, -0.05) is 18.2 Å². The molecule has 0 saturated carbocycles. The highest BCUT2D eigenvalue weighted by Gasteiger charge is 2.00. The zero-order valence-electron chi connectivity index (χ0n) is 6.31. The van der Waals surface area contributed by atoms with Gasteiger partial charge in [-0.25, -0.2) is 4.68 Å². The van der Waals surface area contributed by atoms with Crippen LogP contribution >= 0.6 is 0 Å². The van der Waals surface area contributed by atoms with Gasteiger partial charge in [0.1, 0.15) is 6.20 Å². The minimum atomic E-state index is 0.0983. The van der Waals surface area contributed by atoms with E-state index in [9.17, 15) is 5.11 Å². The van der Waals surface area contributed by atoms with Gasteiger partial charge in [0, 0.05) is 6.07 Å². The van der Waals surface area contributed by atoms with Crippen LogP contribution in [-0.4, -0.2) is 14.9 Å². The molecule has 0 aliphatic rings. The molecule has 1 N–H and O–H groups in total. The quantitative estimate of drug-likeness (QED) is 0.682. The largest absolute Gasteiger partial charge is 0.493 e. The van der Waals surface area contributed by atoms with E-state index in [1.807, 2.05) is 30.3 Å². The smallest absolute Gasteiger partial charge is 0.214 e. The van der Waals surface area contributed by atoms with Crippen molar-refractivity contribution in [2.24, 2.45) is 0 Å². The summed E-state index contributed by atoms with van der Waals surface area (Å²) < 4.78 is 1.42. The number of nitrogens with zero attached hydrogens (tertiary/aromatic N) is 2. The van der Waals surface area contributed by atoms with E-state index in [0.29, 0.717) is 0 Å². The number of para-hydroxylation sites is 1. The van der Waals surface area contributed by atoms with Crippen LogP contribution in [0.5, 0.6) is 5.88 Å². The molecule has 0 bridgehead atoms. The van der Waals surface area contributed by atoms with E-state index in [1.54, 1.807) is 0 Å². The molecule has 1 radical (unpaired) electrons. The van der Waals surface area contributed by atoms with Crippen molar-refractivity contribution in [3.8, 4) is 11.6 Å². The van der Waals surface area contributed by atoms with Gasteiger partial charge in [-0.15, -0.1) is 0 Å². The highest BCUT2D eigenvalue weighted by molar-refractivity contribution is 5.33. The van der Waals surface area contributed by atoms with Crippen LogP contribution in [-0.2, 0) is 0 Å². The van der Waals surface area contributed by atoms with Crippen LogP contribution in [0.3, 0.4) is 0 Å². The number of benzene rings is 1. The van der Waals surface area contributed by atoms with Crippen LogP contribution in [0.15, 0.2) is 36.4 Å². The molecule has 0 spiro atoms. The Bertz CT molecular complexity index is 367. The molecular weight excluding hydrogens is 152 g/mol. The molecule has 0 amide bonds. The first-order valence-electron chi connectivity index (χ1n) is 3.58. The van der Waals surface area contributed by atoms with E-state index >= 15 is 0 Å². The predicted molar refractivity (Wildman–Crippen MR) is 44.1 cm³/mol. The Kier molecular flexibility index (Phi) is 1.55. The number of aromatic hydroxyl groups is 1. The minimum absolute atomic E-state index is 0.0983. The van der Waals surface area contributed by atoms with Crippen LogP contribution < -0.4 is 0 Å². The molecule has 3 nitrogen and oxygen atoms in total. The molecule has 0 saturated heterocycles. The summed E-state index contributed by atoms with van der Waals surface area (Å²) in [5.41, 5.74) is 0.830. The Balaban J connectivity index is 2.51. The molecule has 0 atom stereocenters. The third kappa shape index (κ3) is 1.05. The summed E-state index contributed by atoms with van der Waals surface area (Å²) in [4.78, 5) is 0. The van der Waals surface area contributed by atoms with Crippen molar-refractivity contribution in [1.29, 1.82) is 0 Å². The topological polar surface area (TPSA) is 38.1 Å². The van der Waals surface area contributed by atoms with E-state index < -0.39 is 0 Å². The first-order valence-corrected chi connectivity index (χ1v) is 3.58. The number of hydrogen-bond donors (Lipinski definition) is 1. The van der Waals surface area contributed by atoms with Gasteiger partial charge in [-0.05, 0) is 12.1 Å². The Morgan fingerprint density at radius 3 is 2.58 bits per heavy atom. The van der Waals surface area contributed by atoms with E-state index in [2.05, 4.69) is 11.3 Å². The van der Waals surface area contributed by atoms with E-state index in [-0.39, 0.29) is 5.88 Å². The highest BCUT2D eigenvalue weighted by Crippen LogP contribution is 2.13. The second-order valence-corrected chi connectivity index (χ2v) is 2.38. The number of rotatable bonds is 1. The highest BCUT2D eigenvalue weighted by atomic mass is 16.3. The molecule has 0 aliphatic carbocycles. The maximum atomic E-state index is 9.27. The third-order valence-corrected chi connectivity index (χ3v) is 1.57. The monoisotopic (exact) mass is 159 g/mol. The molecule has 2 aromatic rings. The molecule has 0 unspecified atom stereocenters. The van der Waals surface area contributed by atoms with Crippen LogP contribution in [0.4, 0.5) is 0 Å². The number of aromatic nitrogens is 2. The fourth-order valence-electron chi connectivity index (χ4n) is 1.02. The lowest BCUT2D eigenvalue weighted by atomic mass is 10.3. The fourth-order valence-corrected chi connectivity index (χ4v) is 1.02. The second kappa shape index (κ2) is 2.70. The van der Waals surface area contributed by atoms with Crippen LogP contribution in [0, 0.1) is 6.20 Å². The Morgan fingerprint density at radius 2 is 2.00 bits per heavy atom. The van der Waals surface area contributed by atoms with Gasteiger partial charge in [-0.3, -0.25) is 0 Å². The number of hydrogen-bond acceptors (Lipinski definition) is 2. The van der Waals surface area contributed by atoms with Crippen molar-refractivity contribution in [3.05, 3.63) is 42.6 Å². The molecule has 2 rings (SSSR count). The van der Waals surface area contributed by atoms with Crippen molar-refractivity contribution in [2.45, 2.75) is 0 Å². The van der Waals surface area contributed by atoms with E-state index in [4.69, 9.17) is 0 Å². The lowest BCUT2D eigenvalue weighted by molar-refractivity contribution is 0.433. The normalized spacial score (nSPS) is 10.0. The zero-order chi connectivity index (χ0) is 8.39. The average Bonchev–Trinajstić information content (AvgIpc) is 2.53. The summed E-state index contributed by atoms with van der Waals surface area (Å²) in [6.07, 6.45) is 2.56. The summed E-state index contributed by atoms with van der Waals surface area (Å²) in [6.45, 7) is 0. The maximum Gasteiger partial charge on any atom is 0.214 e. The van der Waals surface area contributed by atoms with Gasteiger partial charge in [0.15, 0.2) is 0 Å². The van der Waals surface area contributed by atoms with Crippen molar-refractivity contribution < 1.29 is 5.11 Å². The Hall–Kier alpha value is -1.77. The van der Waals surface area contributed by atoms with Crippen LogP contribution in [0.1, 0.15) is 0 Å². The molecular formula is C9H7N2O. The van der Waals surface area contributed by atoms with Gasteiger partial charge >= 0.3 is 0 Å². The van der Waals surface area contributed by atoms with E-state index in [0.717, 1.165) is 5.69 Å². The lowest BCUT2D eigenvalue weighted by Crippen LogP contribution is -1.93. The Morgan fingerprint density at radius 1 is 1.25 bits per heavy atom. The SMILES string of the molecule is Oc1c[c]nn1-c1ccccc1. The average molecular weight is 159 g/mol. The van der Waals surface area contributed by atoms with Crippen molar-refractivity contribution in [1.82, 2.24) is 9.78 Å². The van der Waals surface area contributed by atoms with Crippen molar-refractivity contribution in [2.75, 3.05) is 0 Å². The molecule has 1 heterocycles. The summed E-state index contributed by atoms with van der Waals surface area (Å²) in [6, 6.07) is 10.8. The van der Waals surface area contributed by atoms with Gasteiger partial charge in [0.25, 0.3) is 0 Å². The van der Waals surface area contributed by atoms with Crippen LogP contribution in [0.2, 0.25) is 0 Å². The summed E-state index contributed by atoms with van der Waals surface area (Å²) >= 11 is 0. The first-order chi connectivity index (χ1) is 5.88. The van der Waals surface area contributed by atoms with Crippen molar-refractivity contribution >= 4 is 0 Å². The molecule has 12 heavy (non-hydrogen) atoms. The second-order valence-electron chi connectivity index (χ2n) is 2.38. The zero-order valence-corrected chi connectivity index (χ0v) is 6.31. The van der Waals surface area contributed by atoms with Gasteiger partial charge in [-0.2, -0.15) is 5.10 Å². The van der Waals surface area contributed by atoms with Gasteiger partial charge in [0.05, 0.1) is 5.69 Å². The minimum Gasteiger partial charge on any atom is -0.493 e. The summed E-state index contributed by atoms with van der Waals surface area (Å²) in [5, 5.41) is 13.1. The molecule has 59 valence electrons. The molecule has 1 aromatic carbocycles. The lowest BCUT2D eigenvalue weighted by Gasteiger charge is -2.00. The summed E-state index contributed by atoms with van der Waals surface area (Å²) in [5.74, 6) is 0.0983. The van der Waals surface area contributed by atoms with Gasteiger partial charge in [0.2, 0.25) is 5.88 Å². The molecule has 0 aliphatic heterocycles. The molecule has 0 fully saturated rings. The summed E-state index contributed by atoms with van der Waals surface area (Å²) in [7, 11) is 0. The van der Waals surface area contributed by atoms with Gasteiger partial charge < -0.3 is 5.11 Å². The Labute approximate surface area is 69.9 Å². The predicted octanol–water partition coefficient (Wildman–Crippen LogP) is 1.38. The first kappa shape index (κ1) is 6.91. The van der Waals surface area contributed by atoms with Crippen molar-refractivity contribution in [3.63, 3.8) is 0 Å². The maximum absolute atomic E-state index is 9.27. The standard InChI is InChI=1S/C9H7N2O/c12-9-6-7-10-11(9)8-4-2-1-3-5-8/h1-6,12H. The van der Waals surface area contributed by atoms with Crippen LogP contribution in [0.25, 0.3) is 5.69 Å². The van der Waals surface area contributed by atoms with E-state index in [1.165, 1.54) is 10.7 Å². The fraction of sp³-hybridized carbons (Fsp3) is 0. The molecule has 1 aromatic heterocycles. The molecule has 3 heteroatoms. The third-order valence-electron chi connectivity index (χ3n) is 1.57.